The van der Waals surface area contributed by atoms with E-state index in [1.807, 2.05) is 6.07 Å². The molecule has 0 aliphatic rings. The van der Waals surface area contributed by atoms with Gasteiger partial charge in [0, 0.05) is 14.1 Å². The van der Waals surface area contributed by atoms with Gasteiger partial charge in [0.05, 0.1) is 16.8 Å². The van der Waals surface area contributed by atoms with E-state index in [1.165, 1.54) is 9.47 Å². The molecule has 1 aromatic carbocycles. The molecule has 0 radical (unpaired) electrons. The summed E-state index contributed by atoms with van der Waals surface area (Å²) in [6.45, 7) is -0.0499. The van der Waals surface area contributed by atoms with E-state index >= 15 is 0 Å². The number of rotatable bonds is 3. The summed E-state index contributed by atoms with van der Waals surface area (Å²) in [5, 5.41) is 0.489. The fraction of sp³-hybridized carbons (Fsp3) is 0.308. The van der Waals surface area contributed by atoms with Crippen LogP contribution in [-0.2, 0) is 17.2 Å². The second kappa shape index (κ2) is 5.40. The molecule has 0 spiro atoms. The van der Waals surface area contributed by atoms with E-state index in [2.05, 4.69) is 4.98 Å². The quantitative estimate of drug-likeness (QED) is 0.794. The van der Waals surface area contributed by atoms with Gasteiger partial charge in [0.15, 0.2) is 0 Å². The highest BCUT2D eigenvalue weighted by atomic mass is 35.5. The minimum atomic E-state index is -0.239. The Balaban J connectivity index is 2.62. The lowest BCUT2D eigenvalue weighted by Gasteiger charge is -2.14. The molecule has 100 valence electrons. The molecule has 1 heterocycles. The van der Waals surface area contributed by atoms with Gasteiger partial charge in [-0.3, -0.25) is 14.2 Å². The number of carbonyl (C=O) groups is 1. The molecule has 2 rings (SSSR count). The van der Waals surface area contributed by atoms with Gasteiger partial charge in [-0.25, -0.2) is 4.98 Å². The molecular weight excluding hydrogens is 266 g/mol. The van der Waals surface area contributed by atoms with Crippen molar-refractivity contribution < 1.29 is 4.79 Å². The highest BCUT2D eigenvalue weighted by molar-refractivity contribution is 6.16. The number of nitrogens with zero attached hydrogens (tertiary/aromatic N) is 3. The maximum absolute atomic E-state index is 12.4. The van der Waals surface area contributed by atoms with Crippen LogP contribution in [0.1, 0.15) is 5.82 Å². The summed E-state index contributed by atoms with van der Waals surface area (Å²) >= 11 is 5.82. The number of halogens is 1. The van der Waals surface area contributed by atoms with Crippen molar-refractivity contribution in [3.05, 3.63) is 40.4 Å². The average Bonchev–Trinajstić information content (AvgIpc) is 2.41. The van der Waals surface area contributed by atoms with E-state index in [0.717, 1.165) is 0 Å². The van der Waals surface area contributed by atoms with Crippen molar-refractivity contribution in [2.45, 2.75) is 12.4 Å². The first kappa shape index (κ1) is 13.5. The Labute approximate surface area is 115 Å². The minimum absolute atomic E-state index is 0.0499. The number of likely N-dealkylation sites (N-methyl/N-ethyl adjacent to an activating group) is 1. The van der Waals surface area contributed by atoms with Gasteiger partial charge in [-0.2, -0.15) is 0 Å². The molecule has 0 unspecified atom stereocenters. The molecule has 0 aliphatic heterocycles. The summed E-state index contributed by atoms with van der Waals surface area (Å²) in [4.78, 5) is 29.9. The first-order chi connectivity index (χ1) is 9.04. The molecule has 1 amide bonds. The maximum atomic E-state index is 12.4. The first-order valence-corrected chi connectivity index (χ1v) is 6.32. The molecule has 5 nitrogen and oxygen atoms in total. The topological polar surface area (TPSA) is 55.2 Å². The second-order valence-corrected chi connectivity index (χ2v) is 4.63. The van der Waals surface area contributed by atoms with Crippen LogP contribution in [0, 0.1) is 0 Å². The van der Waals surface area contributed by atoms with Gasteiger partial charge >= 0.3 is 0 Å². The molecule has 0 fully saturated rings. The van der Waals surface area contributed by atoms with Crippen molar-refractivity contribution in [3.8, 4) is 0 Å². The van der Waals surface area contributed by atoms with E-state index in [1.54, 1.807) is 32.3 Å². The van der Waals surface area contributed by atoms with E-state index in [9.17, 15) is 9.59 Å². The van der Waals surface area contributed by atoms with E-state index in [4.69, 9.17) is 11.6 Å². The molecule has 0 atom stereocenters. The smallest absolute Gasteiger partial charge is 0.261 e. The summed E-state index contributed by atoms with van der Waals surface area (Å²) in [7, 11) is 3.28. The molecule has 0 N–H and O–H groups in total. The largest absolute Gasteiger partial charge is 0.347 e. The lowest BCUT2D eigenvalue weighted by molar-refractivity contribution is -0.129. The molecule has 6 heteroatoms. The molecule has 0 saturated heterocycles. The number of hydrogen-bond acceptors (Lipinski definition) is 3. The highest BCUT2D eigenvalue weighted by Crippen LogP contribution is 2.09. The Morgan fingerprint density at radius 2 is 2.05 bits per heavy atom. The molecule has 19 heavy (non-hydrogen) atoms. The predicted molar refractivity (Wildman–Crippen MR) is 74.3 cm³/mol. The van der Waals surface area contributed by atoms with Crippen molar-refractivity contribution in [1.29, 1.82) is 0 Å². The fourth-order valence-corrected chi connectivity index (χ4v) is 1.96. The Morgan fingerprint density at radius 3 is 2.68 bits per heavy atom. The van der Waals surface area contributed by atoms with Crippen LogP contribution in [0.3, 0.4) is 0 Å². The highest BCUT2D eigenvalue weighted by Gasteiger charge is 2.13. The zero-order valence-electron chi connectivity index (χ0n) is 10.8. The minimum Gasteiger partial charge on any atom is -0.347 e. The van der Waals surface area contributed by atoms with Crippen molar-refractivity contribution in [1.82, 2.24) is 14.5 Å². The molecule has 0 aliphatic carbocycles. The monoisotopic (exact) mass is 279 g/mol. The van der Waals surface area contributed by atoms with Crippen molar-refractivity contribution in [3.63, 3.8) is 0 Å². The number of carbonyl (C=O) groups excluding carboxylic acids is 1. The molecule has 1 aromatic heterocycles. The zero-order chi connectivity index (χ0) is 14.0. The van der Waals surface area contributed by atoms with Crippen LogP contribution in [0.5, 0.6) is 0 Å². The molecule has 0 saturated carbocycles. The summed E-state index contributed by atoms with van der Waals surface area (Å²) < 4.78 is 1.33. The van der Waals surface area contributed by atoms with E-state index in [-0.39, 0.29) is 23.9 Å². The summed E-state index contributed by atoms with van der Waals surface area (Å²) in [5.74, 6) is 0.312. The van der Waals surface area contributed by atoms with Gasteiger partial charge in [-0.15, -0.1) is 11.6 Å². The number of alkyl halides is 1. The Morgan fingerprint density at radius 1 is 1.37 bits per heavy atom. The third-order valence-electron chi connectivity index (χ3n) is 2.85. The van der Waals surface area contributed by atoms with Gasteiger partial charge in [-0.05, 0) is 12.1 Å². The number of benzene rings is 1. The summed E-state index contributed by atoms with van der Waals surface area (Å²) in [6.07, 6.45) is 0. The van der Waals surface area contributed by atoms with Crippen LogP contribution >= 0.6 is 11.6 Å². The van der Waals surface area contributed by atoms with E-state index < -0.39 is 0 Å². The van der Waals surface area contributed by atoms with Gasteiger partial charge in [-0.1, -0.05) is 12.1 Å². The Bertz CT molecular complexity index is 679. The normalized spacial score (nSPS) is 10.7. The SMILES string of the molecule is CN(C)C(=O)Cn1c(CCl)nc2ccccc2c1=O. The maximum Gasteiger partial charge on any atom is 0.261 e. The number of fused-ring (bicyclic) bond motifs is 1. The Kier molecular flexibility index (Phi) is 3.85. The number of amides is 1. The van der Waals surface area contributed by atoms with Crippen LogP contribution in [-0.4, -0.2) is 34.5 Å². The molecule has 2 aromatic rings. The van der Waals surface area contributed by atoms with Crippen LogP contribution in [0.2, 0.25) is 0 Å². The third-order valence-corrected chi connectivity index (χ3v) is 3.09. The van der Waals surface area contributed by atoms with Crippen molar-refractivity contribution in [2.75, 3.05) is 14.1 Å². The van der Waals surface area contributed by atoms with Gasteiger partial charge < -0.3 is 4.90 Å². The van der Waals surface area contributed by atoms with Crippen LogP contribution in [0.25, 0.3) is 10.9 Å². The zero-order valence-corrected chi connectivity index (χ0v) is 11.5. The summed E-state index contributed by atoms with van der Waals surface area (Å²) in [5.41, 5.74) is 0.355. The Hall–Kier alpha value is -1.88. The van der Waals surface area contributed by atoms with Crippen molar-refractivity contribution >= 4 is 28.4 Å². The number of hydrogen-bond donors (Lipinski definition) is 0. The van der Waals surface area contributed by atoms with Crippen molar-refractivity contribution in [2.24, 2.45) is 0 Å². The fourth-order valence-electron chi connectivity index (χ4n) is 1.76. The van der Waals surface area contributed by atoms with Crippen LogP contribution in [0.4, 0.5) is 0 Å². The average molecular weight is 280 g/mol. The number of para-hydroxylation sites is 1. The molecule has 0 bridgehead atoms. The van der Waals surface area contributed by atoms with E-state index in [0.29, 0.717) is 16.7 Å². The molecular formula is C13H14ClN3O2. The third kappa shape index (κ3) is 2.61. The second-order valence-electron chi connectivity index (χ2n) is 4.36. The van der Waals surface area contributed by atoms with Crippen LogP contribution < -0.4 is 5.56 Å². The first-order valence-electron chi connectivity index (χ1n) is 5.79. The summed E-state index contributed by atoms with van der Waals surface area (Å²) in [6, 6.07) is 7.02. The van der Waals surface area contributed by atoms with Crippen LogP contribution in [0.15, 0.2) is 29.1 Å². The van der Waals surface area contributed by atoms with Gasteiger partial charge in [0.1, 0.15) is 12.4 Å². The number of aromatic nitrogens is 2. The standard InChI is InChI=1S/C13H14ClN3O2/c1-16(2)12(18)8-17-11(7-14)15-10-6-4-3-5-9(10)13(17)19/h3-6H,7-8H2,1-2H3. The van der Waals surface area contributed by atoms with Gasteiger partial charge in [0.2, 0.25) is 5.91 Å². The predicted octanol–water partition coefficient (Wildman–Crippen LogP) is 1.22. The lowest BCUT2D eigenvalue weighted by atomic mass is 10.2. The lowest BCUT2D eigenvalue weighted by Crippen LogP contribution is -2.33. The van der Waals surface area contributed by atoms with Gasteiger partial charge in [0.25, 0.3) is 5.56 Å².